The van der Waals surface area contributed by atoms with Crippen LogP contribution in [0.5, 0.6) is 5.75 Å². The molecule has 0 aliphatic heterocycles. The number of aromatic nitrogens is 2. The number of hydrogen-bond donors (Lipinski definition) is 1. The van der Waals surface area contributed by atoms with Crippen molar-refractivity contribution in [1.82, 2.24) is 10.1 Å². The van der Waals surface area contributed by atoms with Gasteiger partial charge >= 0.3 is 0 Å². The number of aliphatic hydroxyl groups excluding tert-OH is 1. The van der Waals surface area contributed by atoms with E-state index in [0.717, 1.165) is 5.56 Å². The van der Waals surface area contributed by atoms with E-state index in [1.807, 2.05) is 31.2 Å². The van der Waals surface area contributed by atoms with E-state index >= 15 is 0 Å². The molecule has 1 N–H and O–H groups in total. The molecule has 2 rings (SSSR count). The molecular formula is C11H12N2O3. The molecule has 0 radical (unpaired) electrons. The van der Waals surface area contributed by atoms with E-state index < -0.39 is 0 Å². The van der Waals surface area contributed by atoms with Gasteiger partial charge in [-0.2, -0.15) is 4.98 Å². The van der Waals surface area contributed by atoms with Gasteiger partial charge in [-0.05, 0) is 19.1 Å². The Hall–Kier alpha value is -1.88. The van der Waals surface area contributed by atoms with Crippen LogP contribution in [0.25, 0.3) is 11.4 Å². The minimum Gasteiger partial charge on any atom is -0.493 e. The highest BCUT2D eigenvalue weighted by molar-refractivity contribution is 5.63. The van der Waals surface area contributed by atoms with Crippen molar-refractivity contribution in [1.29, 1.82) is 0 Å². The molecule has 5 nitrogen and oxygen atoms in total. The highest BCUT2D eigenvalue weighted by Crippen LogP contribution is 2.27. The van der Waals surface area contributed by atoms with E-state index in [4.69, 9.17) is 14.4 Å². The average molecular weight is 220 g/mol. The molecule has 0 amide bonds. The van der Waals surface area contributed by atoms with Crippen LogP contribution in [0.15, 0.2) is 28.8 Å². The van der Waals surface area contributed by atoms with Gasteiger partial charge in [0.15, 0.2) is 0 Å². The van der Waals surface area contributed by atoms with E-state index in [1.54, 1.807) is 0 Å². The summed E-state index contributed by atoms with van der Waals surface area (Å²) >= 11 is 0. The largest absolute Gasteiger partial charge is 0.493 e. The zero-order valence-corrected chi connectivity index (χ0v) is 8.88. The molecule has 0 saturated heterocycles. The van der Waals surface area contributed by atoms with Crippen LogP contribution >= 0.6 is 0 Å². The average Bonchev–Trinajstić information content (AvgIpc) is 2.79. The minimum absolute atomic E-state index is 0.196. The fourth-order valence-electron chi connectivity index (χ4n) is 1.36. The Bertz CT molecular complexity index is 468. The normalized spacial score (nSPS) is 10.4. The molecule has 5 heteroatoms. The summed E-state index contributed by atoms with van der Waals surface area (Å²) in [4.78, 5) is 4.03. The predicted molar refractivity (Wildman–Crippen MR) is 56.8 cm³/mol. The summed E-state index contributed by atoms with van der Waals surface area (Å²) in [6.45, 7) is 2.22. The van der Waals surface area contributed by atoms with Crippen LogP contribution in [0.2, 0.25) is 0 Å². The third-order valence-corrected chi connectivity index (χ3v) is 2.03. The maximum atomic E-state index is 8.84. The van der Waals surface area contributed by atoms with Gasteiger partial charge in [0.05, 0.1) is 12.2 Å². The molecule has 0 fully saturated rings. The van der Waals surface area contributed by atoms with Crippen LogP contribution in [0.4, 0.5) is 0 Å². The van der Waals surface area contributed by atoms with Gasteiger partial charge in [-0.15, -0.1) is 0 Å². The molecule has 1 aromatic heterocycles. The van der Waals surface area contributed by atoms with E-state index in [-0.39, 0.29) is 12.5 Å². The molecule has 0 unspecified atom stereocenters. The van der Waals surface area contributed by atoms with Crippen LogP contribution in [0, 0.1) is 0 Å². The first-order valence-electron chi connectivity index (χ1n) is 5.00. The Labute approximate surface area is 92.7 Å². The van der Waals surface area contributed by atoms with Gasteiger partial charge in [-0.1, -0.05) is 17.3 Å². The SMILES string of the molecule is CCOc1ccccc1-c1noc(CO)n1. The van der Waals surface area contributed by atoms with Crippen LogP contribution in [-0.4, -0.2) is 21.9 Å². The molecule has 0 aliphatic carbocycles. The first-order valence-corrected chi connectivity index (χ1v) is 5.00. The third-order valence-electron chi connectivity index (χ3n) is 2.03. The van der Waals surface area contributed by atoms with Crippen LogP contribution < -0.4 is 4.74 Å². The van der Waals surface area contributed by atoms with Crippen molar-refractivity contribution in [3.63, 3.8) is 0 Å². The number of aliphatic hydroxyl groups is 1. The lowest BCUT2D eigenvalue weighted by atomic mass is 10.2. The maximum Gasteiger partial charge on any atom is 0.252 e. The summed E-state index contributed by atoms with van der Waals surface area (Å²) in [6, 6.07) is 7.43. The monoisotopic (exact) mass is 220 g/mol. The number of ether oxygens (including phenoxy) is 1. The van der Waals surface area contributed by atoms with Crippen molar-refractivity contribution in [3.05, 3.63) is 30.2 Å². The first kappa shape index (κ1) is 10.6. The Morgan fingerprint density at radius 2 is 2.19 bits per heavy atom. The third kappa shape index (κ3) is 2.04. The van der Waals surface area contributed by atoms with E-state index in [9.17, 15) is 0 Å². The fraction of sp³-hybridized carbons (Fsp3) is 0.273. The standard InChI is InChI=1S/C11H12N2O3/c1-2-15-9-6-4-3-5-8(9)11-12-10(7-14)16-13-11/h3-6,14H,2,7H2,1H3. The molecule has 1 aromatic carbocycles. The number of para-hydroxylation sites is 1. The molecule has 84 valence electrons. The van der Waals surface area contributed by atoms with Crippen molar-refractivity contribution in [2.75, 3.05) is 6.61 Å². The molecule has 0 saturated carbocycles. The number of hydrogen-bond acceptors (Lipinski definition) is 5. The van der Waals surface area contributed by atoms with Crippen LogP contribution in [0.1, 0.15) is 12.8 Å². The summed E-state index contributed by atoms with van der Waals surface area (Å²) < 4.78 is 10.3. The quantitative estimate of drug-likeness (QED) is 0.848. The Morgan fingerprint density at radius 1 is 1.38 bits per heavy atom. The van der Waals surface area contributed by atoms with E-state index in [1.165, 1.54) is 0 Å². The first-order chi connectivity index (χ1) is 7.85. The molecule has 0 atom stereocenters. The highest BCUT2D eigenvalue weighted by Gasteiger charge is 2.12. The van der Waals surface area contributed by atoms with Gasteiger partial charge in [0.2, 0.25) is 5.82 Å². The second-order valence-corrected chi connectivity index (χ2v) is 3.10. The van der Waals surface area contributed by atoms with Gasteiger partial charge in [0.25, 0.3) is 5.89 Å². The van der Waals surface area contributed by atoms with Gasteiger partial charge in [-0.25, -0.2) is 0 Å². The topological polar surface area (TPSA) is 68.4 Å². The second-order valence-electron chi connectivity index (χ2n) is 3.10. The van der Waals surface area contributed by atoms with Crippen molar-refractivity contribution >= 4 is 0 Å². The number of rotatable bonds is 4. The molecule has 2 aromatic rings. The second kappa shape index (κ2) is 4.76. The Kier molecular flexibility index (Phi) is 3.16. The highest BCUT2D eigenvalue weighted by atomic mass is 16.5. The summed E-state index contributed by atoms with van der Waals surface area (Å²) in [7, 11) is 0. The number of nitrogens with zero attached hydrogens (tertiary/aromatic N) is 2. The summed E-state index contributed by atoms with van der Waals surface area (Å²) in [5.41, 5.74) is 0.757. The minimum atomic E-state index is -0.260. The zero-order valence-electron chi connectivity index (χ0n) is 8.88. The lowest BCUT2D eigenvalue weighted by molar-refractivity contribution is 0.222. The molecule has 0 aliphatic rings. The molecule has 0 bridgehead atoms. The van der Waals surface area contributed by atoms with Crippen molar-refractivity contribution in [2.45, 2.75) is 13.5 Å². The van der Waals surface area contributed by atoms with Gasteiger partial charge < -0.3 is 14.4 Å². The van der Waals surface area contributed by atoms with Crippen molar-refractivity contribution < 1.29 is 14.4 Å². The zero-order chi connectivity index (χ0) is 11.4. The van der Waals surface area contributed by atoms with Crippen molar-refractivity contribution in [2.24, 2.45) is 0 Å². The summed E-state index contributed by atoms with van der Waals surface area (Å²) in [5, 5.41) is 12.6. The lowest BCUT2D eigenvalue weighted by Gasteiger charge is -2.05. The lowest BCUT2D eigenvalue weighted by Crippen LogP contribution is -1.94. The molecule has 16 heavy (non-hydrogen) atoms. The molecule has 0 spiro atoms. The van der Waals surface area contributed by atoms with Gasteiger partial charge in [-0.3, -0.25) is 0 Å². The molecular weight excluding hydrogens is 208 g/mol. The fourth-order valence-corrected chi connectivity index (χ4v) is 1.36. The smallest absolute Gasteiger partial charge is 0.252 e. The van der Waals surface area contributed by atoms with Gasteiger partial charge in [0, 0.05) is 0 Å². The molecule has 1 heterocycles. The summed E-state index contributed by atoms with van der Waals surface area (Å²) in [6.07, 6.45) is 0. The van der Waals surface area contributed by atoms with E-state index in [0.29, 0.717) is 18.2 Å². The predicted octanol–water partition coefficient (Wildman–Crippen LogP) is 1.63. The van der Waals surface area contributed by atoms with Crippen molar-refractivity contribution in [3.8, 4) is 17.1 Å². The van der Waals surface area contributed by atoms with Crippen LogP contribution in [0.3, 0.4) is 0 Å². The van der Waals surface area contributed by atoms with Crippen LogP contribution in [-0.2, 0) is 6.61 Å². The maximum absolute atomic E-state index is 8.84. The summed E-state index contributed by atoms with van der Waals surface area (Å²) in [5.74, 6) is 1.32. The van der Waals surface area contributed by atoms with Gasteiger partial charge in [0.1, 0.15) is 12.4 Å². The Morgan fingerprint density at radius 3 is 2.88 bits per heavy atom. The Balaban J connectivity index is 2.38. The van der Waals surface area contributed by atoms with E-state index in [2.05, 4.69) is 10.1 Å². The number of benzene rings is 1.